The minimum absolute atomic E-state index is 0.00196. The lowest BCUT2D eigenvalue weighted by Crippen LogP contribution is -2.50. The van der Waals surface area contributed by atoms with E-state index in [2.05, 4.69) is 47.6 Å². The topological polar surface area (TPSA) is 81.7 Å². The number of phenols is 1. The number of carbonyl (C=O) groups is 2. The van der Waals surface area contributed by atoms with Crippen LogP contribution in [-0.4, -0.2) is 54.5 Å². The number of nitrogens with zero attached hydrogens (tertiary/aromatic N) is 1. The summed E-state index contributed by atoms with van der Waals surface area (Å²) >= 11 is 0. The van der Waals surface area contributed by atoms with Crippen molar-refractivity contribution >= 4 is 11.8 Å². The van der Waals surface area contributed by atoms with Crippen LogP contribution >= 0.6 is 0 Å². The molecule has 1 heterocycles. The lowest BCUT2D eigenvalue weighted by molar-refractivity contribution is -0.126. The van der Waals surface area contributed by atoms with Crippen molar-refractivity contribution in [1.82, 2.24) is 15.5 Å². The zero-order valence-electron chi connectivity index (χ0n) is 20.7. The van der Waals surface area contributed by atoms with Crippen molar-refractivity contribution in [2.45, 2.75) is 45.4 Å². The molecule has 2 amide bonds. The minimum Gasteiger partial charge on any atom is -0.508 e. The smallest absolute Gasteiger partial charge is 0.224 e. The van der Waals surface area contributed by atoms with Gasteiger partial charge in [0.2, 0.25) is 11.8 Å². The number of amides is 2. The maximum absolute atomic E-state index is 13.1. The average molecular weight is 466 g/mol. The Kier molecular flexibility index (Phi) is 9.11. The summed E-state index contributed by atoms with van der Waals surface area (Å²) in [4.78, 5) is 27.3. The third-order valence-electron chi connectivity index (χ3n) is 7.27. The average Bonchev–Trinajstić information content (AvgIpc) is 2.82. The molecule has 0 spiro atoms. The van der Waals surface area contributed by atoms with Gasteiger partial charge in [0.15, 0.2) is 0 Å². The molecule has 2 aromatic carbocycles. The summed E-state index contributed by atoms with van der Waals surface area (Å²) in [6.45, 7) is 9.84. The molecule has 0 aromatic heterocycles. The van der Waals surface area contributed by atoms with Crippen LogP contribution in [0.4, 0.5) is 0 Å². The monoisotopic (exact) mass is 465 g/mol. The number of likely N-dealkylation sites (tertiary alicyclic amines) is 1. The van der Waals surface area contributed by atoms with Crippen LogP contribution in [0.3, 0.4) is 0 Å². The predicted octanol–water partition coefficient (Wildman–Crippen LogP) is 3.49. The van der Waals surface area contributed by atoms with E-state index in [1.54, 1.807) is 6.07 Å². The Morgan fingerprint density at radius 1 is 1.15 bits per heavy atom. The lowest BCUT2D eigenvalue weighted by Gasteiger charge is -2.45. The highest BCUT2D eigenvalue weighted by Gasteiger charge is 2.39. The highest BCUT2D eigenvalue weighted by molar-refractivity contribution is 5.80. The number of hydrogen-bond acceptors (Lipinski definition) is 4. The van der Waals surface area contributed by atoms with Crippen LogP contribution in [0.2, 0.25) is 0 Å². The van der Waals surface area contributed by atoms with Crippen molar-refractivity contribution in [2.24, 2.45) is 11.8 Å². The first-order valence-electron chi connectivity index (χ1n) is 12.4. The minimum atomic E-state index is -0.186. The number of piperidine rings is 1. The van der Waals surface area contributed by atoms with E-state index in [-0.39, 0.29) is 23.1 Å². The first kappa shape index (κ1) is 25.8. The van der Waals surface area contributed by atoms with E-state index in [1.807, 2.05) is 37.3 Å². The van der Waals surface area contributed by atoms with Crippen LogP contribution in [0.25, 0.3) is 0 Å². The molecule has 0 aliphatic carbocycles. The zero-order valence-corrected chi connectivity index (χ0v) is 20.7. The van der Waals surface area contributed by atoms with Gasteiger partial charge < -0.3 is 20.6 Å². The van der Waals surface area contributed by atoms with E-state index in [4.69, 9.17) is 0 Å². The molecule has 3 unspecified atom stereocenters. The van der Waals surface area contributed by atoms with Gasteiger partial charge in [0.1, 0.15) is 5.75 Å². The molecule has 3 atom stereocenters. The fourth-order valence-corrected chi connectivity index (χ4v) is 4.95. The van der Waals surface area contributed by atoms with Gasteiger partial charge in [0, 0.05) is 32.6 Å². The second-order valence-corrected chi connectivity index (χ2v) is 9.76. The van der Waals surface area contributed by atoms with E-state index in [0.717, 1.165) is 25.1 Å². The quantitative estimate of drug-likeness (QED) is 0.502. The number of hydrogen-bond donors (Lipinski definition) is 3. The van der Waals surface area contributed by atoms with Crippen molar-refractivity contribution < 1.29 is 14.7 Å². The van der Waals surface area contributed by atoms with Gasteiger partial charge in [0.25, 0.3) is 0 Å². The van der Waals surface area contributed by atoms with Gasteiger partial charge in [-0.05, 0) is 60.9 Å². The number of aromatic hydroxyl groups is 1. The fourth-order valence-electron chi connectivity index (χ4n) is 4.95. The first-order chi connectivity index (χ1) is 16.3. The molecule has 184 valence electrons. The number of benzene rings is 2. The van der Waals surface area contributed by atoms with Crippen molar-refractivity contribution in [3.05, 3.63) is 65.7 Å². The predicted molar refractivity (Wildman–Crippen MR) is 136 cm³/mol. The Labute approximate surface area is 203 Å². The Morgan fingerprint density at radius 2 is 1.91 bits per heavy atom. The summed E-state index contributed by atoms with van der Waals surface area (Å²) in [5.74, 6) is 0.455. The van der Waals surface area contributed by atoms with Crippen molar-refractivity contribution in [2.75, 3.05) is 32.7 Å². The normalized spacial score (nSPS) is 21.6. The third-order valence-corrected chi connectivity index (χ3v) is 7.27. The van der Waals surface area contributed by atoms with E-state index in [0.29, 0.717) is 44.1 Å². The highest BCUT2D eigenvalue weighted by atomic mass is 16.3. The molecule has 1 aliphatic rings. The van der Waals surface area contributed by atoms with E-state index >= 15 is 0 Å². The van der Waals surface area contributed by atoms with Crippen molar-refractivity contribution in [3.63, 3.8) is 0 Å². The van der Waals surface area contributed by atoms with E-state index in [1.165, 1.54) is 5.56 Å². The molecule has 3 rings (SSSR count). The van der Waals surface area contributed by atoms with Gasteiger partial charge in [-0.25, -0.2) is 0 Å². The zero-order chi connectivity index (χ0) is 24.6. The highest BCUT2D eigenvalue weighted by Crippen LogP contribution is 2.40. The molecule has 1 fully saturated rings. The summed E-state index contributed by atoms with van der Waals surface area (Å²) < 4.78 is 0. The molecule has 6 heteroatoms. The van der Waals surface area contributed by atoms with Crippen molar-refractivity contribution in [1.29, 1.82) is 0 Å². The summed E-state index contributed by atoms with van der Waals surface area (Å²) in [5.41, 5.74) is 2.30. The molecule has 34 heavy (non-hydrogen) atoms. The van der Waals surface area contributed by atoms with Gasteiger partial charge >= 0.3 is 0 Å². The molecule has 1 saturated heterocycles. The van der Waals surface area contributed by atoms with E-state index < -0.39 is 0 Å². The van der Waals surface area contributed by atoms with Crippen LogP contribution in [0.1, 0.15) is 44.7 Å². The number of rotatable bonds is 10. The Balaban J connectivity index is 1.65. The molecule has 1 aliphatic heterocycles. The summed E-state index contributed by atoms with van der Waals surface area (Å²) in [5, 5.41) is 15.7. The molecular weight excluding hydrogens is 426 g/mol. The molecule has 6 nitrogen and oxygen atoms in total. The summed E-state index contributed by atoms with van der Waals surface area (Å²) in [6, 6.07) is 17.7. The van der Waals surface area contributed by atoms with Crippen LogP contribution in [0.5, 0.6) is 5.75 Å². The lowest BCUT2D eigenvalue weighted by atomic mass is 9.68. The Morgan fingerprint density at radius 3 is 2.59 bits per heavy atom. The largest absolute Gasteiger partial charge is 0.508 e. The molecular formula is C28H39N3O3. The number of phenolic OH excluding ortho intramolecular Hbond substituents is 1. The van der Waals surface area contributed by atoms with E-state index in [9.17, 15) is 14.7 Å². The van der Waals surface area contributed by atoms with Gasteiger partial charge in [-0.1, -0.05) is 56.3 Å². The van der Waals surface area contributed by atoms with Gasteiger partial charge in [-0.3, -0.25) is 9.59 Å². The van der Waals surface area contributed by atoms with Crippen LogP contribution in [-0.2, 0) is 21.4 Å². The number of nitrogens with one attached hydrogen (secondary N) is 2. The fraction of sp³-hybridized carbons (Fsp3) is 0.500. The molecule has 0 radical (unpaired) electrons. The maximum atomic E-state index is 13.1. The molecule has 0 saturated carbocycles. The van der Waals surface area contributed by atoms with Crippen molar-refractivity contribution in [3.8, 4) is 5.75 Å². The second-order valence-electron chi connectivity index (χ2n) is 9.76. The molecule has 0 bridgehead atoms. The first-order valence-corrected chi connectivity index (χ1v) is 12.4. The van der Waals surface area contributed by atoms with Crippen LogP contribution in [0.15, 0.2) is 54.6 Å². The SMILES string of the molecule is CCNC(=O)CCNC(=O)C(Cc1ccccc1)CN1CCC(C)(c2cccc(O)c2)C(C)C1. The Bertz CT molecular complexity index is 949. The summed E-state index contributed by atoms with van der Waals surface area (Å²) in [6.07, 6.45) is 1.93. The Hall–Kier alpha value is -2.86. The molecule has 3 N–H and O–H groups in total. The summed E-state index contributed by atoms with van der Waals surface area (Å²) in [7, 11) is 0. The third kappa shape index (κ3) is 6.83. The van der Waals surface area contributed by atoms with Gasteiger partial charge in [-0.15, -0.1) is 0 Å². The number of carbonyl (C=O) groups excluding carboxylic acids is 2. The van der Waals surface area contributed by atoms with Crippen LogP contribution < -0.4 is 10.6 Å². The second kappa shape index (κ2) is 12.0. The van der Waals surface area contributed by atoms with Gasteiger partial charge in [-0.2, -0.15) is 0 Å². The molecule has 2 aromatic rings. The maximum Gasteiger partial charge on any atom is 0.224 e. The van der Waals surface area contributed by atoms with Gasteiger partial charge in [0.05, 0.1) is 5.92 Å². The standard InChI is InChI=1S/C28H39N3O3/c1-4-29-26(33)13-15-30-27(34)23(17-22-9-6-5-7-10-22)20-31-16-14-28(3,21(2)19-31)24-11-8-12-25(32)18-24/h5-12,18,21,23,32H,4,13-17,19-20H2,1-3H3,(H,29,33)(H,30,34). The van der Waals surface area contributed by atoms with Crippen LogP contribution in [0, 0.1) is 11.8 Å².